The van der Waals surface area contributed by atoms with Gasteiger partial charge in [-0.2, -0.15) is 0 Å². The molecule has 0 unspecified atom stereocenters. The van der Waals surface area contributed by atoms with E-state index >= 15 is 0 Å². The van der Waals surface area contributed by atoms with Crippen molar-refractivity contribution >= 4 is 23.2 Å². The van der Waals surface area contributed by atoms with Gasteiger partial charge in [-0.15, -0.1) is 0 Å². The van der Waals surface area contributed by atoms with E-state index in [4.69, 9.17) is 16.3 Å². The number of piperidine rings is 1. The first-order valence-corrected chi connectivity index (χ1v) is 10.6. The number of nitrogens with zero attached hydrogens (tertiary/aromatic N) is 2. The van der Waals surface area contributed by atoms with Crippen molar-refractivity contribution in [2.75, 3.05) is 31.1 Å². The van der Waals surface area contributed by atoms with Gasteiger partial charge >= 0.3 is 0 Å². The molecule has 0 aromatic heterocycles. The van der Waals surface area contributed by atoms with Gasteiger partial charge in [-0.3, -0.25) is 9.69 Å². The van der Waals surface area contributed by atoms with Gasteiger partial charge in [-0.25, -0.2) is 0 Å². The Kier molecular flexibility index (Phi) is 6.18. The molecule has 2 heterocycles. The molecule has 2 aliphatic rings. The van der Waals surface area contributed by atoms with Crippen LogP contribution in [0, 0.1) is 5.92 Å². The van der Waals surface area contributed by atoms with E-state index in [0.717, 1.165) is 55.0 Å². The van der Waals surface area contributed by atoms with Crippen LogP contribution in [0.4, 0.5) is 5.69 Å². The Morgan fingerprint density at radius 2 is 1.79 bits per heavy atom. The summed E-state index contributed by atoms with van der Waals surface area (Å²) in [5.74, 6) is 1.64. The molecule has 4 nitrogen and oxygen atoms in total. The van der Waals surface area contributed by atoms with Crippen LogP contribution in [0.2, 0.25) is 5.02 Å². The van der Waals surface area contributed by atoms with Crippen LogP contribution in [-0.2, 0) is 11.3 Å². The highest BCUT2D eigenvalue weighted by Crippen LogP contribution is 2.32. The molecule has 1 saturated heterocycles. The molecule has 0 bridgehead atoms. The molecule has 5 heteroatoms. The number of hydrogen-bond donors (Lipinski definition) is 0. The molecule has 0 saturated carbocycles. The third kappa shape index (κ3) is 4.68. The van der Waals surface area contributed by atoms with Crippen molar-refractivity contribution < 1.29 is 9.53 Å². The van der Waals surface area contributed by atoms with E-state index in [1.54, 1.807) is 0 Å². The number of hydrogen-bond acceptors (Lipinski definition) is 3. The average molecular weight is 399 g/mol. The zero-order chi connectivity index (χ0) is 19.3. The monoisotopic (exact) mass is 398 g/mol. The number of fused-ring (bicyclic) bond motifs is 1. The molecule has 1 fully saturated rings. The summed E-state index contributed by atoms with van der Waals surface area (Å²) in [5.41, 5.74) is 2.24. The number of para-hydroxylation sites is 2. The summed E-state index contributed by atoms with van der Waals surface area (Å²) in [6.45, 7) is 4.23. The van der Waals surface area contributed by atoms with Gasteiger partial charge in [0.15, 0.2) is 6.61 Å². The van der Waals surface area contributed by atoms with Crippen LogP contribution in [0.25, 0.3) is 0 Å². The molecule has 28 heavy (non-hydrogen) atoms. The van der Waals surface area contributed by atoms with Crippen LogP contribution >= 0.6 is 11.6 Å². The van der Waals surface area contributed by atoms with Gasteiger partial charge in [-0.1, -0.05) is 35.9 Å². The van der Waals surface area contributed by atoms with Gasteiger partial charge in [0, 0.05) is 18.1 Å². The SMILES string of the molecule is O=C1COc2ccccc2N1CCCC1CCN(Cc2ccc(Cl)cc2)CC1. The minimum absolute atomic E-state index is 0.0662. The Bertz CT molecular complexity index is 801. The summed E-state index contributed by atoms with van der Waals surface area (Å²) in [7, 11) is 0. The molecule has 0 spiro atoms. The van der Waals surface area contributed by atoms with Gasteiger partial charge in [0.05, 0.1) is 5.69 Å². The topological polar surface area (TPSA) is 32.8 Å². The van der Waals surface area contributed by atoms with Crippen molar-refractivity contribution in [1.29, 1.82) is 0 Å². The molecule has 2 aliphatic heterocycles. The Labute approximate surface area is 172 Å². The van der Waals surface area contributed by atoms with E-state index in [-0.39, 0.29) is 12.5 Å². The molecule has 148 valence electrons. The molecule has 0 atom stereocenters. The summed E-state index contributed by atoms with van der Waals surface area (Å²) < 4.78 is 5.53. The largest absolute Gasteiger partial charge is 0.482 e. The lowest BCUT2D eigenvalue weighted by Crippen LogP contribution is -2.39. The van der Waals surface area contributed by atoms with Crippen molar-refractivity contribution in [2.24, 2.45) is 5.92 Å². The van der Waals surface area contributed by atoms with E-state index in [2.05, 4.69) is 17.0 Å². The highest BCUT2D eigenvalue weighted by molar-refractivity contribution is 6.30. The summed E-state index contributed by atoms with van der Waals surface area (Å²) >= 11 is 5.97. The Morgan fingerprint density at radius 3 is 2.57 bits per heavy atom. The van der Waals surface area contributed by atoms with Crippen LogP contribution in [0.5, 0.6) is 5.75 Å². The van der Waals surface area contributed by atoms with Gasteiger partial charge in [-0.05, 0) is 74.5 Å². The minimum atomic E-state index is 0.0662. The van der Waals surface area contributed by atoms with Crippen molar-refractivity contribution in [3.05, 3.63) is 59.1 Å². The quantitative estimate of drug-likeness (QED) is 0.703. The van der Waals surface area contributed by atoms with Crippen LogP contribution in [0.1, 0.15) is 31.2 Å². The summed E-state index contributed by atoms with van der Waals surface area (Å²) in [6, 6.07) is 16.0. The summed E-state index contributed by atoms with van der Waals surface area (Å²) in [5, 5.41) is 0.795. The normalized spacial score (nSPS) is 18.0. The Balaban J connectivity index is 1.22. The fourth-order valence-corrected chi connectivity index (χ4v) is 4.34. The van der Waals surface area contributed by atoms with E-state index < -0.39 is 0 Å². The van der Waals surface area contributed by atoms with E-state index in [0.29, 0.717) is 0 Å². The first-order chi connectivity index (χ1) is 13.7. The number of carbonyl (C=O) groups excluding carboxylic acids is 1. The smallest absolute Gasteiger partial charge is 0.265 e. The lowest BCUT2D eigenvalue weighted by Gasteiger charge is -2.33. The number of rotatable bonds is 6. The second-order valence-electron chi connectivity index (χ2n) is 7.79. The molecule has 0 aliphatic carbocycles. The molecule has 0 radical (unpaired) electrons. The average Bonchev–Trinajstić information content (AvgIpc) is 2.72. The first kappa shape index (κ1) is 19.3. The van der Waals surface area contributed by atoms with Gasteiger partial charge in [0.1, 0.15) is 5.75 Å². The Morgan fingerprint density at radius 1 is 1.04 bits per heavy atom. The minimum Gasteiger partial charge on any atom is -0.482 e. The highest BCUT2D eigenvalue weighted by Gasteiger charge is 2.25. The second-order valence-corrected chi connectivity index (χ2v) is 8.23. The predicted molar refractivity (Wildman–Crippen MR) is 113 cm³/mol. The second kappa shape index (κ2) is 8.97. The summed E-state index contributed by atoms with van der Waals surface area (Å²) in [4.78, 5) is 16.7. The maximum atomic E-state index is 12.3. The number of benzene rings is 2. The lowest BCUT2D eigenvalue weighted by molar-refractivity contribution is -0.121. The van der Waals surface area contributed by atoms with Crippen LogP contribution in [-0.4, -0.2) is 37.0 Å². The zero-order valence-electron chi connectivity index (χ0n) is 16.1. The fraction of sp³-hybridized carbons (Fsp3) is 0.435. The van der Waals surface area contributed by atoms with Crippen LogP contribution in [0.3, 0.4) is 0 Å². The maximum Gasteiger partial charge on any atom is 0.265 e. The molecule has 2 aromatic rings. The van der Waals surface area contributed by atoms with E-state index in [1.165, 1.54) is 24.8 Å². The number of amides is 1. The lowest BCUT2D eigenvalue weighted by atomic mass is 9.92. The molecule has 2 aromatic carbocycles. The van der Waals surface area contributed by atoms with E-state index in [9.17, 15) is 4.79 Å². The number of carbonyl (C=O) groups is 1. The van der Waals surface area contributed by atoms with Crippen LogP contribution < -0.4 is 9.64 Å². The number of anilines is 1. The zero-order valence-corrected chi connectivity index (χ0v) is 16.9. The predicted octanol–water partition coefficient (Wildman–Crippen LogP) is 4.76. The maximum absolute atomic E-state index is 12.3. The third-order valence-corrected chi connectivity index (χ3v) is 6.08. The third-order valence-electron chi connectivity index (χ3n) is 5.83. The fourth-order valence-electron chi connectivity index (χ4n) is 4.22. The van der Waals surface area contributed by atoms with Gasteiger partial charge < -0.3 is 9.64 Å². The number of ether oxygens (including phenoxy) is 1. The molecular formula is C23H27ClN2O2. The molecule has 0 N–H and O–H groups in total. The van der Waals surface area contributed by atoms with Gasteiger partial charge in [0.25, 0.3) is 5.91 Å². The first-order valence-electron chi connectivity index (χ1n) is 10.2. The van der Waals surface area contributed by atoms with Crippen molar-refractivity contribution in [2.45, 2.75) is 32.2 Å². The van der Waals surface area contributed by atoms with E-state index in [1.807, 2.05) is 41.3 Å². The standard InChI is InChI=1S/C23H27ClN2O2/c24-20-9-7-19(8-10-20)16-25-14-11-18(12-15-25)4-3-13-26-21-5-1-2-6-22(21)28-17-23(26)27/h1-2,5-10,18H,3-4,11-17H2. The van der Waals surface area contributed by atoms with Crippen molar-refractivity contribution in [3.63, 3.8) is 0 Å². The summed E-state index contributed by atoms with van der Waals surface area (Å²) in [6.07, 6.45) is 4.70. The number of likely N-dealkylation sites (tertiary alicyclic amines) is 1. The molecule has 1 amide bonds. The molecular weight excluding hydrogens is 372 g/mol. The number of halogens is 1. The van der Waals surface area contributed by atoms with Crippen molar-refractivity contribution in [1.82, 2.24) is 4.90 Å². The van der Waals surface area contributed by atoms with Crippen LogP contribution in [0.15, 0.2) is 48.5 Å². The van der Waals surface area contributed by atoms with Gasteiger partial charge in [0.2, 0.25) is 0 Å². The highest BCUT2D eigenvalue weighted by atomic mass is 35.5. The van der Waals surface area contributed by atoms with Crippen molar-refractivity contribution in [3.8, 4) is 5.75 Å². The Hall–Kier alpha value is -2.04. The molecule has 4 rings (SSSR count).